The molecule has 0 aliphatic carbocycles. The number of benzene rings is 2. The van der Waals surface area contributed by atoms with Crippen LogP contribution in [0.1, 0.15) is 28.8 Å². The number of ether oxygens (including phenoxy) is 1. The summed E-state index contributed by atoms with van der Waals surface area (Å²) in [4.78, 5) is 24.1. The Hall–Kier alpha value is -3.62. The lowest BCUT2D eigenvalue weighted by molar-refractivity contribution is 0.0692. The van der Waals surface area contributed by atoms with E-state index < -0.39 is 0 Å². The Labute approximate surface area is 216 Å². The maximum Gasteiger partial charge on any atom is 0.254 e. The number of aromatic nitrogens is 3. The van der Waals surface area contributed by atoms with E-state index in [9.17, 15) is 4.79 Å². The number of rotatable bonds is 6. The molecule has 3 N–H and O–H groups in total. The van der Waals surface area contributed by atoms with Crippen molar-refractivity contribution < 1.29 is 9.53 Å². The molecule has 3 heterocycles. The van der Waals surface area contributed by atoms with Crippen molar-refractivity contribution in [2.75, 3.05) is 32.1 Å². The summed E-state index contributed by atoms with van der Waals surface area (Å²) in [5.41, 5.74) is 11.0. The van der Waals surface area contributed by atoms with Gasteiger partial charge in [-0.1, -0.05) is 0 Å². The van der Waals surface area contributed by atoms with E-state index in [1.165, 1.54) is 0 Å². The molecule has 5 rings (SSSR count). The number of piperidine rings is 1. The van der Waals surface area contributed by atoms with E-state index >= 15 is 0 Å². The first-order valence-corrected chi connectivity index (χ1v) is 11.9. The van der Waals surface area contributed by atoms with Crippen molar-refractivity contribution in [2.24, 2.45) is 11.7 Å². The molecule has 1 aliphatic heterocycles. The highest BCUT2D eigenvalue weighted by molar-refractivity contribution is 5.96. The van der Waals surface area contributed by atoms with Crippen molar-refractivity contribution in [1.29, 1.82) is 0 Å². The average Bonchev–Trinajstić information content (AvgIpc) is 3.34. The second-order valence-electron chi connectivity index (χ2n) is 8.97. The van der Waals surface area contributed by atoms with E-state index in [4.69, 9.17) is 10.5 Å². The van der Waals surface area contributed by atoms with Gasteiger partial charge in [-0.05, 0) is 80.3 Å². The summed E-state index contributed by atoms with van der Waals surface area (Å²) in [6.45, 7) is 4.20. The minimum atomic E-state index is 0. The van der Waals surface area contributed by atoms with Crippen molar-refractivity contribution in [3.05, 3.63) is 72.2 Å². The number of nitrogens with two attached hydrogens (primary N) is 1. The molecular weight excluding hydrogens is 476 g/mol. The highest BCUT2D eigenvalue weighted by Crippen LogP contribution is 2.28. The van der Waals surface area contributed by atoms with E-state index in [1.807, 2.05) is 71.1 Å². The van der Waals surface area contributed by atoms with Gasteiger partial charge in [0.25, 0.3) is 5.91 Å². The maximum atomic E-state index is 13.1. The second-order valence-corrected chi connectivity index (χ2v) is 8.97. The van der Waals surface area contributed by atoms with Crippen molar-refractivity contribution in [3.8, 4) is 17.0 Å². The van der Waals surface area contributed by atoms with Crippen LogP contribution in [0.5, 0.6) is 5.75 Å². The monoisotopic (exact) mass is 506 g/mol. The number of carbonyl (C=O) groups excluding carboxylic acids is 1. The van der Waals surface area contributed by atoms with Gasteiger partial charge >= 0.3 is 0 Å². The summed E-state index contributed by atoms with van der Waals surface area (Å²) in [6, 6.07) is 13.7. The third kappa shape index (κ3) is 5.01. The molecule has 1 amide bonds. The molecule has 1 fully saturated rings. The number of likely N-dealkylation sites (tertiary alicyclic amines) is 1. The smallest absolute Gasteiger partial charge is 0.254 e. The lowest BCUT2D eigenvalue weighted by Gasteiger charge is -2.31. The number of carbonyl (C=O) groups is 1. The standard InChI is InChI=1S/C27H30N6O2.ClH/c1-18-15-21(5-8-23(18)27(34)32-12-9-19(16-28)10-13-32)31-25-26-30-17-24(33(26)14-11-29-25)20-3-6-22(35-2)7-4-20;/h3-8,11,14-15,17,19H,9-10,12-13,16,28H2,1-2H3,(H,29,31);1H. The van der Waals surface area contributed by atoms with Crippen molar-refractivity contribution in [1.82, 2.24) is 19.3 Å². The van der Waals surface area contributed by atoms with E-state index in [-0.39, 0.29) is 18.3 Å². The van der Waals surface area contributed by atoms with Crippen LogP contribution in [0.3, 0.4) is 0 Å². The molecule has 8 nitrogen and oxygen atoms in total. The van der Waals surface area contributed by atoms with Crippen molar-refractivity contribution in [3.63, 3.8) is 0 Å². The first kappa shape index (κ1) is 25.5. The third-order valence-electron chi connectivity index (χ3n) is 6.77. The summed E-state index contributed by atoms with van der Waals surface area (Å²) in [5, 5.41) is 3.38. The Morgan fingerprint density at radius 2 is 1.89 bits per heavy atom. The van der Waals surface area contributed by atoms with Crippen LogP contribution in [0.15, 0.2) is 61.1 Å². The highest BCUT2D eigenvalue weighted by atomic mass is 35.5. The van der Waals surface area contributed by atoms with Crippen LogP contribution in [-0.2, 0) is 0 Å². The van der Waals surface area contributed by atoms with Gasteiger partial charge in [0, 0.05) is 42.3 Å². The zero-order valence-electron chi connectivity index (χ0n) is 20.5. The SMILES string of the molecule is COc1ccc(-c2cnc3c(Nc4ccc(C(=O)N5CCC(CN)CC5)c(C)c4)nccn23)cc1.Cl. The van der Waals surface area contributed by atoms with Crippen LogP contribution < -0.4 is 15.8 Å². The maximum absolute atomic E-state index is 13.1. The van der Waals surface area contributed by atoms with E-state index in [0.29, 0.717) is 18.3 Å². The fourth-order valence-electron chi connectivity index (χ4n) is 4.64. The number of methoxy groups -OCH3 is 1. The zero-order valence-corrected chi connectivity index (χ0v) is 21.3. The Morgan fingerprint density at radius 3 is 2.56 bits per heavy atom. The summed E-state index contributed by atoms with van der Waals surface area (Å²) in [7, 11) is 1.65. The normalized spacial score (nSPS) is 13.9. The first-order valence-electron chi connectivity index (χ1n) is 11.9. The molecule has 2 aromatic carbocycles. The van der Waals surface area contributed by atoms with Gasteiger partial charge in [0.1, 0.15) is 5.75 Å². The Kier molecular flexibility index (Phi) is 7.76. The largest absolute Gasteiger partial charge is 0.497 e. The number of amides is 1. The number of anilines is 2. The number of aryl methyl sites for hydroxylation is 1. The van der Waals surface area contributed by atoms with Crippen molar-refractivity contribution in [2.45, 2.75) is 19.8 Å². The minimum absolute atomic E-state index is 0. The second kappa shape index (κ2) is 11.0. The topological polar surface area (TPSA) is 97.8 Å². The predicted molar refractivity (Wildman–Crippen MR) is 144 cm³/mol. The summed E-state index contributed by atoms with van der Waals surface area (Å²) in [6.07, 6.45) is 7.43. The van der Waals surface area contributed by atoms with Gasteiger partial charge < -0.3 is 20.7 Å². The van der Waals surface area contributed by atoms with Crippen LogP contribution >= 0.6 is 12.4 Å². The molecule has 4 aromatic rings. The number of nitrogens with one attached hydrogen (secondary N) is 1. The van der Waals surface area contributed by atoms with E-state index in [2.05, 4.69) is 15.3 Å². The van der Waals surface area contributed by atoms with Gasteiger partial charge in [0.05, 0.1) is 19.0 Å². The van der Waals surface area contributed by atoms with Gasteiger partial charge in [-0.3, -0.25) is 9.20 Å². The number of imidazole rings is 1. The Morgan fingerprint density at radius 1 is 1.14 bits per heavy atom. The minimum Gasteiger partial charge on any atom is -0.497 e. The molecular formula is C27H31ClN6O2. The molecule has 9 heteroatoms. The van der Waals surface area contributed by atoms with Crippen LogP contribution in [0.4, 0.5) is 11.5 Å². The Bertz CT molecular complexity index is 1350. The lowest BCUT2D eigenvalue weighted by atomic mass is 9.96. The summed E-state index contributed by atoms with van der Waals surface area (Å²) in [5.74, 6) is 2.07. The van der Waals surface area contributed by atoms with E-state index in [0.717, 1.165) is 65.4 Å². The Balaban J connectivity index is 0.00000304. The molecule has 0 spiro atoms. The third-order valence-corrected chi connectivity index (χ3v) is 6.77. The number of nitrogens with zero attached hydrogens (tertiary/aromatic N) is 4. The molecule has 0 radical (unpaired) electrons. The number of fused-ring (bicyclic) bond motifs is 1. The molecule has 0 atom stereocenters. The molecule has 1 aliphatic rings. The van der Waals surface area contributed by atoms with Crippen molar-refractivity contribution >= 4 is 35.5 Å². The molecule has 36 heavy (non-hydrogen) atoms. The molecule has 0 saturated carbocycles. The predicted octanol–water partition coefficient (Wildman–Crippen LogP) is 4.69. The summed E-state index contributed by atoms with van der Waals surface area (Å²) < 4.78 is 7.27. The van der Waals surface area contributed by atoms with Gasteiger partial charge in [-0.15, -0.1) is 12.4 Å². The van der Waals surface area contributed by atoms with Gasteiger partial charge in [0.15, 0.2) is 11.5 Å². The lowest BCUT2D eigenvalue weighted by Crippen LogP contribution is -2.40. The molecule has 2 aromatic heterocycles. The molecule has 188 valence electrons. The van der Waals surface area contributed by atoms with Crippen LogP contribution in [0, 0.1) is 12.8 Å². The first-order chi connectivity index (χ1) is 17.1. The fraction of sp³-hybridized carbons (Fsp3) is 0.296. The summed E-state index contributed by atoms with van der Waals surface area (Å²) >= 11 is 0. The average molecular weight is 507 g/mol. The van der Waals surface area contributed by atoms with Crippen LogP contribution in [-0.4, -0.2) is 51.9 Å². The van der Waals surface area contributed by atoms with Crippen LogP contribution in [0.2, 0.25) is 0 Å². The molecule has 1 saturated heterocycles. The molecule has 0 unspecified atom stereocenters. The highest BCUT2D eigenvalue weighted by Gasteiger charge is 2.24. The van der Waals surface area contributed by atoms with Gasteiger partial charge in [0.2, 0.25) is 0 Å². The van der Waals surface area contributed by atoms with Gasteiger partial charge in [-0.25, -0.2) is 9.97 Å². The van der Waals surface area contributed by atoms with E-state index in [1.54, 1.807) is 13.3 Å². The number of hydrogen-bond acceptors (Lipinski definition) is 6. The quantitative estimate of drug-likeness (QED) is 0.393. The molecule has 0 bridgehead atoms. The zero-order chi connectivity index (χ0) is 24.4. The number of hydrogen-bond donors (Lipinski definition) is 2. The van der Waals surface area contributed by atoms with Gasteiger partial charge in [-0.2, -0.15) is 0 Å². The van der Waals surface area contributed by atoms with Crippen LogP contribution in [0.25, 0.3) is 16.9 Å². The fourth-order valence-corrected chi connectivity index (χ4v) is 4.64. The number of halogens is 1.